The van der Waals surface area contributed by atoms with Gasteiger partial charge in [-0.05, 0) is 26.0 Å². The maximum Gasteiger partial charge on any atom is 0.204 e. The Morgan fingerprint density at radius 1 is 1.04 bits per heavy atom. The summed E-state index contributed by atoms with van der Waals surface area (Å²) in [5.74, 6) is -6.96. The van der Waals surface area contributed by atoms with Gasteiger partial charge in [-0.15, -0.1) is 0 Å². The molecule has 1 heterocycles. The predicted octanol–water partition coefficient (Wildman–Crippen LogP) is 1.96. The smallest absolute Gasteiger partial charge is 0.204 e. The molecule has 1 aliphatic heterocycles. The highest BCUT2D eigenvalue weighted by atomic mass is 19.2. The number of benzene rings is 1. The minimum absolute atomic E-state index is 0.496. The van der Waals surface area contributed by atoms with Gasteiger partial charge in [0, 0.05) is 0 Å². The van der Waals surface area contributed by atoms with Crippen molar-refractivity contribution in [3.63, 3.8) is 0 Å². The summed E-state index contributed by atoms with van der Waals surface area (Å²) in [7, 11) is 0. The number of morpholine rings is 1. The molecule has 0 radical (unpaired) electrons. The van der Waals surface area contributed by atoms with Crippen LogP contribution in [0.5, 0.6) is 5.75 Å². The Labute approximate surface area is 132 Å². The molecule has 2 rings (SSSR count). The Kier molecular flexibility index (Phi) is 6.01. The third kappa shape index (κ3) is 4.23. The molecule has 0 bridgehead atoms. The highest BCUT2D eigenvalue weighted by Crippen LogP contribution is 2.31. The molecule has 0 unspecified atom stereocenters. The lowest BCUT2D eigenvalue weighted by atomic mass is 10.1. The summed E-state index contributed by atoms with van der Waals surface area (Å²) >= 11 is 0. The number of quaternary nitrogens is 1. The molecule has 0 spiro atoms. The molecule has 0 amide bonds. The number of halogens is 4. The second-order valence-electron chi connectivity index (χ2n) is 5.63. The van der Waals surface area contributed by atoms with Crippen molar-refractivity contribution in [3.05, 3.63) is 34.9 Å². The number of hydrogen-bond acceptors (Lipinski definition) is 2. The second kappa shape index (κ2) is 7.79. The minimum atomic E-state index is -1.52. The van der Waals surface area contributed by atoms with E-state index in [4.69, 9.17) is 9.47 Å². The standard InChI is InChI=1S/C16H19F4NO2/c1-10(2)23-16-14(19)12(17)11(13(18)15(16)20)4-3-5-21-6-8-22-9-7-21/h3-4,10H,5-9H2,1-2H3/p+1/b4-3+. The Hall–Kier alpha value is -1.60. The van der Waals surface area contributed by atoms with E-state index in [2.05, 4.69) is 0 Å². The van der Waals surface area contributed by atoms with Gasteiger partial charge in [0.1, 0.15) is 13.1 Å². The lowest BCUT2D eigenvalue weighted by Crippen LogP contribution is -3.13. The summed E-state index contributed by atoms with van der Waals surface area (Å²) in [6, 6.07) is 0. The lowest BCUT2D eigenvalue weighted by Gasteiger charge is -2.22. The Bertz CT molecular complexity index is 555. The molecule has 128 valence electrons. The second-order valence-corrected chi connectivity index (χ2v) is 5.63. The molecule has 0 aliphatic carbocycles. The van der Waals surface area contributed by atoms with Gasteiger partial charge in [0.25, 0.3) is 0 Å². The van der Waals surface area contributed by atoms with Crippen molar-refractivity contribution in [2.75, 3.05) is 32.8 Å². The molecule has 1 aliphatic rings. The quantitative estimate of drug-likeness (QED) is 0.657. The van der Waals surface area contributed by atoms with Crippen LogP contribution in [0.15, 0.2) is 6.08 Å². The Morgan fingerprint density at radius 3 is 2.13 bits per heavy atom. The minimum Gasteiger partial charge on any atom is -0.485 e. The van der Waals surface area contributed by atoms with Gasteiger partial charge in [-0.25, -0.2) is 8.78 Å². The fourth-order valence-corrected chi connectivity index (χ4v) is 2.32. The normalized spacial score (nSPS) is 16.5. The number of ether oxygens (including phenoxy) is 2. The van der Waals surface area contributed by atoms with Crippen molar-refractivity contribution in [1.82, 2.24) is 0 Å². The summed E-state index contributed by atoms with van der Waals surface area (Å²) in [5, 5.41) is 0. The highest BCUT2D eigenvalue weighted by Gasteiger charge is 2.26. The van der Waals surface area contributed by atoms with Crippen LogP contribution in [-0.2, 0) is 4.74 Å². The molecule has 1 aromatic carbocycles. The average Bonchev–Trinajstić information content (AvgIpc) is 2.54. The molecule has 0 aromatic heterocycles. The van der Waals surface area contributed by atoms with E-state index in [1.807, 2.05) is 0 Å². The van der Waals surface area contributed by atoms with Crippen LogP contribution in [0.3, 0.4) is 0 Å². The zero-order valence-corrected chi connectivity index (χ0v) is 13.1. The van der Waals surface area contributed by atoms with Crippen LogP contribution in [0.1, 0.15) is 19.4 Å². The van der Waals surface area contributed by atoms with Gasteiger partial charge in [0.15, 0.2) is 17.4 Å². The van der Waals surface area contributed by atoms with Crippen molar-refractivity contribution in [2.45, 2.75) is 20.0 Å². The zero-order chi connectivity index (χ0) is 17.0. The molecule has 23 heavy (non-hydrogen) atoms. The fraction of sp³-hybridized carbons (Fsp3) is 0.500. The SMILES string of the molecule is CC(C)Oc1c(F)c(F)c(/C=C/C[NH+]2CCOCC2)c(F)c1F. The Balaban J connectivity index is 2.21. The van der Waals surface area contributed by atoms with E-state index in [1.54, 1.807) is 0 Å². The molecule has 1 N–H and O–H groups in total. The van der Waals surface area contributed by atoms with E-state index in [0.29, 0.717) is 19.8 Å². The van der Waals surface area contributed by atoms with Crippen molar-refractivity contribution in [2.24, 2.45) is 0 Å². The summed E-state index contributed by atoms with van der Waals surface area (Å²) in [6.07, 6.45) is 1.96. The molecular weight excluding hydrogens is 314 g/mol. The molecule has 1 aromatic rings. The van der Waals surface area contributed by atoms with Crippen LogP contribution >= 0.6 is 0 Å². The molecule has 1 saturated heterocycles. The van der Waals surface area contributed by atoms with Gasteiger partial charge < -0.3 is 14.4 Å². The van der Waals surface area contributed by atoms with Gasteiger partial charge in [-0.3, -0.25) is 0 Å². The van der Waals surface area contributed by atoms with Crippen LogP contribution in [0.25, 0.3) is 6.08 Å². The van der Waals surface area contributed by atoms with E-state index in [0.717, 1.165) is 19.2 Å². The number of rotatable bonds is 5. The van der Waals surface area contributed by atoms with Gasteiger partial charge in [0.05, 0.1) is 31.4 Å². The van der Waals surface area contributed by atoms with E-state index >= 15 is 0 Å². The van der Waals surface area contributed by atoms with Gasteiger partial charge in [-0.1, -0.05) is 0 Å². The summed E-state index contributed by atoms with van der Waals surface area (Å²) in [4.78, 5) is 1.18. The maximum atomic E-state index is 14.0. The first kappa shape index (κ1) is 17.7. The van der Waals surface area contributed by atoms with Crippen LogP contribution in [0, 0.1) is 23.3 Å². The van der Waals surface area contributed by atoms with E-state index in [1.165, 1.54) is 24.8 Å². The first-order chi connectivity index (χ1) is 10.9. The lowest BCUT2D eigenvalue weighted by molar-refractivity contribution is -0.902. The first-order valence-corrected chi connectivity index (χ1v) is 7.52. The predicted molar refractivity (Wildman–Crippen MR) is 77.5 cm³/mol. The highest BCUT2D eigenvalue weighted by molar-refractivity contribution is 5.53. The average molecular weight is 334 g/mol. The Morgan fingerprint density at radius 2 is 1.61 bits per heavy atom. The van der Waals surface area contributed by atoms with Crippen molar-refractivity contribution < 1.29 is 31.9 Å². The van der Waals surface area contributed by atoms with Gasteiger partial charge >= 0.3 is 0 Å². The topological polar surface area (TPSA) is 22.9 Å². The third-order valence-corrected chi connectivity index (χ3v) is 3.50. The maximum absolute atomic E-state index is 14.0. The fourth-order valence-electron chi connectivity index (χ4n) is 2.32. The molecule has 1 fully saturated rings. The number of hydrogen-bond donors (Lipinski definition) is 1. The summed E-state index contributed by atoms with van der Waals surface area (Å²) in [5.41, 5.74) is -0.733. The van der Waals surface area contributed by atoms with Crippen LogP contribution in [0.2, 0.25) is 0 Å². The van der Waals surface area contributed by atoms with Crippen LogP contribution in [-0.4, -0.2) is 39.0 Å². The van der Waals surface area contributed by atoms with Crippen molar-refractivity contribution >= 4 is 6.08 Å². The zero-order valence-electron chi connectivity index (χ0n) is 13.1. The van der Waals surface area contributed by atoms with Crippen LogP contribution in [0.4, 0.5) is 17.6 Å². The molecule has 3 nitrogen and oxygen atoms in total. The van der Waals surface area contributed by atoms with E-state index in [-0.39, 0.29) is 0 Å². The molecular formula is C16H20F4NO2+. The van der Waals surface area contributed by atoms with E-state index in [9.17, 15) is 17.6 Å². The van der Waals surface area contributed by atoms with Gasteiger partial charge in [-0.2, -0.15) is 8.78 Å². The summed E-state index contributed by atoms with van der Waals surface area (Å²) < 4.78 is 65.7. The van der Waals surface area contributed by atoms with Crippen molar-refractivity contribution in [3.8, 4) is 5.75 Å². The monoisotopic (exact) mass is 334 g/mol. The van der Waals surface area contributed by atoms with Crippen LogP contribution < -0.4 is 9.64 Å². The van der Waals surface area contributed by atoms with E-state index < -0.39 is 40.7 Å². The number of nitrogens with one attached hydrogen (secondary N) is 1. The third-order valence-electron chi connectivity index (χ3n) is 3.50. The van der Waals surface area contributed by atoms with Crippen molar-refractivity contribution in [1.29, 1.82) is 0 Å². The summed E-state index contributed by atoms with van der Waals surface area (Å²) in [6.45, 7) is 6.31. The molecule has 7 heteroatoms. The first-order valence-electron chi connectivity index (χ1n) is 7.52. The van der Waals surface area contributed by atoms with Gasteiger partial charge in [0.2, 0.25) is 11.6 Å². The largest absolute Gasteiger partial charge is 0.485 e. The molecule has 0 saturated carbocycles. The molecule has 0 atom stereocenters.